The Morgan fingerprint density at radius 1 is 1.59 bits per heavy atom. The zero-order valence-corrected chi connectivity index (χ0v) is 10.4. The van der Waals surface area contributed by atoms with Gasteiger partial charge in [0, 0.05) is 24.7 Å². The molecule has 0 radical (unpaired) electrons. The van der Waals surface area contributed by atoms with Crippen LogP contribution in [0.5, 0.6) is 0 Å². The lowest BCUT2D eigenvalue weighted by molar-refractivity contribution is 0.380. The monoisotopic (exact) mass is 236 g/mol. The van der Waals surface area contributed by atoms with Crippen LogP contribution in [0, 0.1) is 0 Å². The molecule has 1 saturated heterocycles. The van der Waals surface area contributed by atoms with Gasteiger partial charge in [0.2, 0.25) is 0 Å². The van der Waals surface area contributed by atoms with E-state index in [2.05, 4.69) is 27.1 Å². The third kappa shape index (κ3) is 2.66. The van der Waals surface area contributed by atoms with E-state index in [9.17, 15) is 4.79 Å². The largest absolute Gasteiger partial charge is 0.352 e. The van der Waals surface area contributed by atoms with Crippen LogP contribution in [-0.2, 0) is 0 Å². The van der Waals surface area contributed by atoms with Crippen LogP contribution in [0.15, 0.2) is 17.2 Å². The number of likely N-dealkylation sites (N-methyl/N-ethyl adjacent to an activating group) is 1. The fourth-order valence-electron chi connectivity index (χ4n) is 2.47. The van der Waals surface area contributed by atoms with Crippen molar-refractivity contribution in [3.05, 3.63) is 22.7 Å². The van der Waals surface area contributed by atoms with Gasteiger partial charge in [0.05, 0.1) is 6.33 Å². The summed E-state index contributed by atoms with van der Waals surface area (Å²) < 4.78 is 0. The van der Waals surface area contributed by atoms with Crippen molar-refractivity contribution in [2.24, 2.45) is 0 Å². The van der Waals surface area contributed by atoms with E-state index in [1.165, 1.54) is 19.2 Å². The minimum Gasteiger partial charge on any atom is -0.352 e. The van der Waals surface area contributed by atoms with Crippen LogP contribution in [0.3, 0.4) is 0 Å². The van der Waals surface area contributed by atoms with E-state index in [4.69, 9.17) is 0 Å². The van der Waals surface area contributed by atoms with E-state index in [1.807, 2.05) is 7.05 Å². The lowest BCUT2D eigenvalue weighted by Crippen LogP contribution is -2.50. The molecule has 0 saturated carbocycles. The Bertz CT molecular complexity index is 417. The van der Waals surface area contributed by atoms with E-state index in [0.717, 1.165) is 18.8 Å². The van der Waals surface area contributed by atoms with Crippen molar-refractivity contribution in [1.29, 1.82) is 0 Å². The molecule has 0 spiro atoms. The number of H-pyrrole nitrogens is 1. The Labute approximate surface area is 101 Å². The molecular formula is C12H20N4O. The normalized spacial score (nSPS) is 22.5. The zero-order valence-electron chi connectivity index (χ0n) is 10.4. The smallest absolute Gasteiger partial charge is 0.252 e. The van der Waals surface area contributed by atoms with Crippen LogP contribution in [0.1, 0.15) is 26.2 Å². The predicted molar refractivity (Wildman–Crippen MR) is 68.4 cm³/mol. The Morgan fingerprint density at radius 2 is 2.41 bits per heavy atom. The number of piperidine rings is 1. The van der Waals surface area contributed by atoms with Gasteiger partial charge in [0.15, 0.2) is 0 Å². The van der Waals surface area contributed by atoms with Crippen LogP contribution in [0.25, 0.3) is 0 Å². The van der Waals surface area contributed by atoms with Crippen molar-refractivity contribution in [2.75, 3.05) is 18.5 Å². The molecule has 17 heavy (non-hydrogen) atoms. The van der Waals surface area contributed by atoms with Crippen molar-refractivity contribution in [1.82, 2.24) is 15.3 Å². The number of aromatic amines is 1. The second-order valence-electron chi connectivity index (χ2n) is 4.60. The molecule has 5 heteroatoms. The molecule has 2 heterocycles. The molecule has 2 atom stereocenters. The third-order valence-corrected chi connectivity index (χ3v) is 3.54. The molecule has 0 amide bonds. The number of rotatable bonds is 3. The minimum atomic E-state index is -0.0866. The second-order valence-corrected chi connectivity index (χ2v) is 4.60. The molecule has 1 aliphatic rings. The Balaban J connectivity index is 2.24. The molecule has 2 N–H and O–H groups in total. The molecule has 1 fully saturated rings. The van der Waals surface area contributed by atoms with Crippen LogP contribution in [-0.4, -0.2) is 35.6 Å². The Kier molecular flexibility index (Phi) is 3.78. The van der Waals surface area contributed by atoms with Crippen LogP contribution in [0.2, 0.25) is 0 Å². The van der Waals surface area contributed by atoms with Crippen molar-refractivity contribution in [3.63, 3.8) is 0 Å². The number of nitrogens with zero attached hydrogens (tertiary/aromatic N) is 2. The highest BCUT2D eigenvalue weighted by atomic mass is 16.1. The average Bonchev–Trinajstić information content (AvgIpc) is 2.38. The standard InChI is InChI=1S/C12H20N4O/c1-9(13-2)10-5-3-4-6-16(10)11-7-12(17)15-8-14-11/h7-10,13H,3-6H2,1-2H3,(H,14,15,17). The molecule has 1 aromatic rings. The summed E-state index contributed by atoms with van der Waals surface area (Å²) in [4.78, 5) is 20.4. The van der Waals surface area contributed by atoms with Crippen LogP contribution >= 0.6 is 0 Å². The highest BCUT2D eigenvalue weighted by Crippen LogP contribution is 2.23. The van der Waals surface area contributed by atoms with Gasteiger partial charge in [-0.15, -0.1) is 0 Å². The summed E-state index contributed by atoms with van der Waals surface area (Å²) in [7, 11) is 1.97. The van der Waals surface area contributed by atoms with Gasteiger partial charge in [0.1, 0.15) is 5.82 Å². The van der Waals surface area contributed by atoms with Gasteiger partial charge in [0.25, 0.3) is 5.56 Å². The van der Waals surface area contributed by atoms with Gasteiger partial charge in [-0.25, -0.2) is 4.98 Å². The molecule has 2 rings (SSSR count). The first-order chi connectivity index (χ1) is 8.22. The average molecular weight is 236 g/mol. The second kappa shape index (κ2) is 5.31. The summed E-state index contributed by atoms with van der Waals surface area (Å²) in [6.45, 7) is 3.16. The molecule has 0 aliphatic carbocycles. The minimum absolute atomic E-state index is 0.0866. The van der Waals surface area contributed by atoms with Gasteiger partial charge >= 0.3 is 0 Å². The van der Waals surface area contributed by atoms with Crippen molar-refractivity contribution in [2.45, 2.75) is 38.3 Å². The van der Waals surface area contributed by atoms with E-state index in [1.54, 1.807) is 6.07 Å². The van der Waals surface area contributed by atoms with Gasteiger partial charge < -0.3 is 15.2 Å². The summed E-state index contributed by atoms with van der Waals surface area (Å²) in [5.74, 6) is 0.792. The lowest BCUT2D eigenvalue weighted by atomic mass is 9.96. The molecule has 1 aromatic heterocycles. The molecule has 94 valence electrons. The Hall–Kier alpha value is -1.36. The predicted octanol–water partition coefficient (Wildman–Crippen LogP) is 0.737. The fourth-order valence-corrected chi connectivity index (χ4v) is 2.47. The first kappa shape index (κ1) is 12.1. The fraction of sp³-hybridized carbons (Fsp3) is 0.667. The first-order valence-corrected chi connectivity index (χ1v) is 6.21. The van der Waals surface area contributed by atoms with Crippen molar-refractivity contribution >= 4 is 5.82 Å². The number of nitrogens with one attached hydrogen (secondary N) is 2. The summed E-state index contributed by atoms with van der Waals surface area (Å²) >= 11 is 0. The summed E-state index contributed by atoms with van der Waals surface area (Å²) in [6, 6.07) is 2.40. The molecular weight excluding hydrogens is 216 g/mol. The molecule has 2 unspecified atom stereocenters. The molecule has 1 aliphatic heterocycles. The third-order valence-electron chi connectivity index (χ3n) is 3.54. The number of anilines is 1. The van der Waals surface area contributed by atoms with Crippen LogP contribution < -0.4 is 15.8 Å². The maximum Gasteiger partial charge on any atom is 0.252 e. The molecule has 0 aromatic carbocycles. The van der Waals surface area contributed by atoms with Crippen LogP contribution in [0.4, 0.5) is 5.82 Å². The van der Waals surface area contributed by atoms with E-state index < -0.39 is 0 Å². The van der Waals surface area contributed by atoms with E-state index >= 15 is 0 Å². The first-order valence-electron chi connectivity index (χ1n) is 6.21. The summed E-state index contributed by atoms with van der Waals surface area (Å²) in [5, 5.41) is 3.29. The zero-order chi connectivity index (χ0) is 12.3. The number of aromatic nitrogens is 2. The molecule has 5 nitrogen and oxygen atoms in total. The van der Waals surface area contributed by atoms with Gasteiger partial charge in [-0.1, -0.05) is 0 Å². The summed E-state index contributed by atoms with van der Waals surface area (Å²) in [5.41, 5.74) is -0.0866. The van der Waals surface area contributed by atoms with Crippen molar-refractivity contribution < 1.29 is 0 Å². The van der Waals surface area contributed by atoms with Gasteiger partial charge in [-0.2, -0.15) is 0 Å². The SMILES string of the molecule is CNC(C)C1CCCCN1c1cc(=O)[nH]cn1. The van der Waals surface area contributed by atoms with Gasteiger partial charge in [-0.05, 0) is 33.2 Å². The number of hydrogen-bond acceptors (Lipinski definition) is 4. The quantitative estimate of drug-likeness (QED) is 0.812. The lowest BCUT2D eigenvalue weighted by Gasteiger charge is -2.39. The summed E-state index contributed by atoms with van der Waals surface area (Å²) in [6.07, 6.45) is 5.04. The topological polar surface area (TPSA) is 61.0 Å². The highest BCUT2D eigenvalue weighted by molar-refractivity contribution is 5.39. The maximum atomic E-state index is 11.3. The maximum absolute atomic E-state index is 11.3. The molecule has 0 bridgehead atoms. The highest BCUT2D eigenvalue weighted by Gasteiger charge is 2.27. The van der Waals surface area contributed by atoms with E-state index in [0.29, 0.717) is 12.1 Å². The number of hydrogen-bond donors (Lipinski definition) is 2. The van der Waals surface area contributed by atoms with Gasteiger partial charge in [-0.3, -0.25) is 4.79 Å². The van der Waals surface area contributed by atoms with Crippen molar-refractivity contribution in [3.8, 4) is 0 Å². The van der Waals surface area contributed by atoms with E-state index in [-0.39, 0.29) is 5.56 Å². The Morgan fingerprint density at radius 3 is 3.12 bits per heavy atom.